The van der Waals surface area contributed by atoms with E-state index < -0.39 is 0 Å². The quantitative estimate of drug-likeness (QED) is 0.551. The van der Waals surface area contributed by atoms with Crippen LogP contribution in [0.5, 0.6) is 0 Å². The number of benzene rings is 2. The van der Waals surface area contributed by atoms with E-state index in [0.29, 0.717) is 12.0 Å². The van der Waals surface area contributed by atoms with Gasteiger partial charge in [-0.15, -0.1) is 0 Å². The van der Waals surface area contributed by atoms with Gasteiger partial charge in [-0.05, 0) is 42.5 Å². The molecule has 0 aliphatic heterocycles. The van der Waals surface area contributed by atoms with E-state index in [1.54, 1.807) is 0 Å². The molecular formula is C22H24BrN3. The lowest BCUT2D eigenvalue weighted by Gasteiger charge is -2.35. The highest BCUT2D eigenvalue weighted by molar-refractivity contribution is 9.10. The van der Waals surface area contributed by atoms with Crippen LogP contribution in [-0.2, 0) is 0 Å². The molecule has 134 valence electrons. The first-order valence-corrected chi connectivity index (χ1v) is 10.2. The van der Waals surface area contributed by atoms with Crippen molar-refractivity contribution in [2.45, 2.75) is 39.2 Å². The number of nitrogens with zero attached hydrogens (tertiary/aromatic N) is 2. The second kappa shape index (κ2) is 7.36. The number of para-hydroxylation sites is 1. The number of fused-ring (bicyclic) bond motifs is 1. The largest absolute Gasteiger partial charge is 0.366 e. The second-order valence-corrected chi connectivity index (χ2v) is 8.35. The van der Waals surface area contributed by atoms with Gasteiger partial charge in [-0.1, -0.05) is 66.9 Å². The molecule has 4 rings (SSSR count). The lowest BCUT2D eigenvalue weighted by Crippen LogP contribution is -2.35. The predicted octanol–water partition coefficient (Wildman–Crippen LogP) is 6.30. The molecule has 3 aromatic rings. The highest BCUT2D eigenvalue weighted by Gasteiger charge is 2.27. The van der Waals surface area contributed by atoms with Crippen molar-refractivity contribution in [2.75, 3.05) is 5.32 Å². The monoisotopic (exact) mass is 409 g/mol. The lowest BCUT2D eigenvalue weighted by atomic mass is 9.78. The van der Waals surface area contributed by atoms with Gasteiger partial charge >= 0.3 is 0 Å². The second-order valence-electron chi connectivity index (χ2n) is 7.44. The molecule has 4 heteroatoms. The molecule has 1 N–H and O–H groups in total. The topological polar surface area (TPSA) is 37.8 Å². The first-order valence-electron chi connectivity index (χ1n) is 9.41. The van der Waals surface area contributed by atoms with Crippen molar-refractivity contribution >= 4 is 32.7 Å². The molecular weight excluding hydrogens is 386 g/mol. The minimum atomic E-state index is 0.467. The third-order valence-electron chi connectivity index (χ3n) is 5.73. The SMILES string of the molecule is C[C@H]1[C@H](C)CCC[C@H]1Nc1nc(-c2ccc(Br)cc2)nc2ccccc12. The van der Waals surface area contributed by atoms with Gasteiger partial charge in [0.15, 0.2) is 5.82 Å². The van der Waals surface area contributed by atoms with Crippen LogP contribution in [0.4, 0.5) is 5.82 Å². The Kier molecular flexibility index (Phi) is 4.94. The Balaban J connectivity index is 1.76. The summed E-state index contributed by atoms with van der Waals surface area (Å²) in [4.78, 5) is 9.71. The molecule has 1 saturated carbocycles. The van der Waals surface area contributed by atoms with Crippen molar-refractivity contribution in [3.63, 3.8) is 0 Å². The summed E-state index contributed by atoms with van der Waals surface area (Å²) in [6, 6.07) is 16.9. The van der Waals surface area contributed by atoms with Crippen molar-refractivity contribution in [1.82, 2.24) is 9.97 Å². The van der Waals surface area contributed by atoms with Crippen molar-refractivity contribution < 1.29 is 0 Å². The van der Waals surface area contributed by atoms with Crippen LogP contribution in [-0.4, -0.2) is 16.0 Å². The number of hydrogen-bond donors (Lipinski definition) is 1. The highest BCUT2D eigenvalue weighted by atomic mass is 79.9. The molecule has 3 nitrogen and oxygen atoms in total. The summed E-state index contributed by atoms with van der Waals surface area (Å²) in [5, 5.41) is 4.86. The normalized spacial score (nSPS) is 23.1. The fourth-order valence-electron chi connectivity index (χ4n) is 3.88. The summed E-state index contributed by atoms with van der Waals surface area (Å²) in [6.45, 7) is 4.73. The van der Waals surface area contributed by atoms with E-state index >= 15 is 0 Å². The highest BCUT2D eigenvalue weighted by Crippen LogP contribution is 2.33. The van der Waals surface area contributed by atoms with E-state index in [-0.39, 0.29) is 0 Å². The van der Waals surface area contributed by atoms with Crippen LogP contribution in [0.3, 0.4) is 0 Å². The summed E-state index contributed by atoms with van der Waals surface area (Å²) < 4.78 is 1.06. The summed E-state index contributed by atoms with van der Waals surface area (Å²) in [7, 11) is 0. The molecule has 3 atom stereocenters. The van der Waals surface area contributed by atoms with Crippen LogP contribution in [0.25, 0.3) is 22.3 Å². The molecule has 0 spiro atoms. The molecule has 0 saturated heterocycles. The van der Waals surface area contributed by atoms with Gasteiger partial charge in [0, 0.05) is 21.5 Å². The lowest BCUT2D eigenvalue weighted by molar-refractivity contribution is 0.253. The van der Waals surface area contributed by atoms with Crippen molar-refractivity contribution in [3.05, 3.63) is 53.0 Å². The third kappa shape index (κ3) is 3.48. The Hall–Kier alpha value is -1.94. The van der Waals surface area contributed by atoms with Gasteiger partial charge in [0.1, 0.15) is 5.82 Å². The Morgan fingerprint density at radius 1 is 0.962 bits per heavy atom. The number of halogens is 1. The Labute approximate surface area is 163 Å². The fourth-order valence-corrected chi connectivity index (χ4v) is 4.14. The molecule has 0 bridgehead atoms. The Morgan fingerprint density at radius 3 is 2.54 bits per heavy atom. The van der Waals surface area contributed by atoms with Gasteiger partial charge in [-0.2, -0.15) is 0 Å². The van der Waals surface area contributed by atoms with E-state index in [4.69, 9.17) is 9.97 Å². The van der Waals surface area contributed by atoms with Crippen molar-refractivity contribution in [2.24, 2.45) is 11.8 Å². The van der Waals surface area contributed by atoms with E-state index in [2.05, 4.69) is 65.4 Å². The Morgan fingerprint density at radius 2 is 1.73 bits per heavy atom. The maximum Gasteiger partial charge on any atom is 0.162 e. The fraction of sp³-hybridized carbons (Fsp3) is 0.364. The average Bonchev–Trinajstić information content (AvgIpc) is 2.66. The van der Waals surface area contributed by atoms with Gasteiger partial charge in [0.05, 0.1) is 5.52 Å². The third-order valence-corrected chi connectivity index (χ3v) is 6.26. The maximum atomic E-state index is 4.92. The number of aromatic nitrogens is 2. The average molecular weight is 410 g/mol. The van der Waals surface area contributed by atoms with Gasteiger partial charge < -0.3 is 5.32 Å². The first kappa shape index (κ1) is 17.5. The van der Waals surface area contributed by atoms with Gasteiger partial charge in [-0.3, -0.25) is 0 Å². The summed E-state index contributed by atoms with van der Waals surface area (Å²) in [6.07, 6.45) is 3.82. The predicted molar refractivity (Wildman–Crippen MR) is 112 cm³/mol. The van der Waals surface area contributed by atoms with E-state index in [9.17, 15) is 0 Å². The molecule has 0 radical (unpaired) electrons. The zero-order chi connectivity index (χ0) is 18.1. The first-order chi connectivity index (χ1) is 12.6. The van der Waals surface area contributed by atoms with Crippen LogP contribution >= 0.6 is 15.9 Å². The van der Waals surface area contributed by atoms with E-state index in [1.807, 2.05) is 18.2 Å². The zero-order valence-electron chi connectivity index (χ0n) is 15.2. The number of anilines is 1. The molecule has 1 aliphatic carbocycles. The van der Waals surface area contributed by atoms with Gasteiger partial charge in [0.2, 0.25) is 0 Å². The number of nitrogens with one attached hydrogen (secondary N) is 1. The van der Waals surface area contributed by atoms with Crippen LogP contribution in [0, 0.1) is 11.8 Å². The van der Waals surface area contributed by atoms with E-state index in [0.717, 1.165) is 38.5 Å². The minimum Gasteiger partial charge on any atom is -0.366 e. The molecule has 2 aromatic carbocycles. The Bertz CT molecular complexity index is 907. The number of rotatable bonds is 3. The zero-order valence-corrected chi connectivity index (χ0v) is 16.8. The van der Waals surface area contributed by atoms with Crippen molar-refractivity contribution in [3.8, 4) is 11.4 Å². The maximum absolute atomic E-state index is 4.92. The summed E-state index contributed by atoms with van der Waals surface area (Å²) >= 11 is 3.50. The van der Waals surface area contributed by atoms with Crippen LogP contribution < -0.4 is 5.32 Å². The van der Waals surface area contributed by atoms with Crippen molar-refractivity contribution in [1.29, 1.82) is 0 Å². The molecule has 26 heavy (non-hydrogen) atoms. The number of hydrogen-bond acceptors (Lipinski definition) is 3. The molecule has 0 unspecified atom stereocenters. The van der Waals surface area contributed by atoms with Gasteiger partial charge in [-0.25, -0.2) is 9.97 Å². The molecule has 0 amide bonds. The summed E-state index contributed by atoms with van der Waals surface area (Å²) in [5.41, 5.74) is 2.02. The minimum absolute atomic E-state index is 0.467. The molecule has 1 heterocycles. The van der Waals surface area contributed by atoms with Gasteiger partial charge in [0.25, 0.3) is 0 Å². The molecule has 1 fully saturated rings. The van der Waals surface area contributed by atoms with Crippen LogP contribution in [0.2, 0.25) is 0 Å². The smallest absolute Gasteiger partial charge is 0.162 e. The van der Waals surface area contributed by atoms with Crippen LogP contribution in [0.1, 0.15) is 33.1 Å². The summed E-state index contributed by atoms with van der Waals surface area (Å²) in [5.74, 6) is 3.13. The molecule has 1 aliphatic rings. The molecule has 1 aromatic heterocycles. The van der Waals surface area contributed by atoms with E-state index in [1.165, 1.54) is 19.3 Å². The standard InChI is InChI=1S/C22H24BrN3/c1-14-6-5-9-19(15(14)2)24-22-18-7-3-4-8-20(18)25-21(26-22)16-10-12-17(23)13-11-16/h3-4,7-8,10-15,19H,5-6,9H2,1-2H3,(H,24,25,26)/t14-,15+,19-/m1/s1. The van der Waals surface area contributed by atoms with Crippen LogP contribution in [0.15, 0.2) is 53.0 Å².